The zero-order chi connectivity index (χ0) is 28.8. The summed E-state index contributed by atoms with van der Waals surface area (Å²) in [5.74, 6) is 1.08. The van der Waals surface area contributed by atoms with Crippen molar-refractivity contribution in [1.82, 2.24) is 9.55 Å². The van der Waals surface area contributed by atoms with Gasteiger partial charge < -0.3 is 0 Å². The summed E-state index contributed by atoms with van der Waals surface area (Å²) in [6, 6.07) is 54.7. The van der Waals surface area contributed by atoms with Gasteiger partial charge in [0.1, 0.15) is 5.82 Å². The van der Waals surface area contributed by atoms with E-state index in [4.69, 9.17) is 4.98 Å². The highest BCUT2D eigenvalue weighted by Crippen LogP contribution is 2.44. The lowest BCUT2D eigenvalue weighted by atomic mass is 9.85. The summed E-state index contributed by atoms with van der Waals surface area (Å²) in [5.41, 5.74) is 10.7. The number of rotatable bonds is 5. The zero-order valence-corrected chi connectivity index (χ0v) is 24.0. The number of para-hydroxylation sites is 2. The highest BCUT2D eigenvalue weighted by atomic mass is 15.1. The second-order valence-electron chi connectivity index (χ2n) is 11.0. The molecule has 8 rings (SSSR count). The summed E-state index contributed by atoms with van der Waals surface area (Å²) in [4.78, 5) is 4.88. The van der Waals surface area contributed by atoms with Crippen LogP contribution in [0.5, 0.6) is 0 Å². The van der Waals surface area contributed by atoms with E-state index in [2.05, 4.69) is 163 Å². The van der Waals surface area contributed by atoms with Crippen molar-refractivity contribution in [2.75, 3.05) is 0 Å². The standard InChI is InChI=1S/C41H30N2/c1-2-39-42-37-19-11-12-20-38(37)43(39)32-24-21-28(22-25-32)31-23-26-35-36(27-31)41(30-15-7-4-8-16-30)34-18-10-9-17-33(34)40(35)29-13-5-3-6-14-29/h3-27H,2H2,1H3. The van der Waals surface area contributed by atoms with Gasteiger partial charge in [-0.1, -0.05) is 128 Å². The highest BCUT2D eigenvalue weighted by Gasteiger charge is 2.17. The molecule has 0 aliphatic heterocycles. The van der Waals surface area contributed by atoms with Gasteiger partial charge in [-0.25, -0.2) is 4.98 Å². The van der Waals surface area contributed by atoms with Crippen molar-refractivity contribution in [2.24, 2.45) is 0 Å². The van der Waals surface area contributed by atoms with Gasteiger partial charge in [0.05, 0.1) is 11.0 Å². The first-order valence-corrected chi connectivity index (χ1v) is 15.0. The molecule has 0 bridgehead atoms. The lowest BCUT2D eigenvalue weighted by Gasteiger charge is -2.19. The van der Waals surface area contributed by atoms with Crippen molar-refractivity contribution in [3.8, 4) is 39.1 Å². The summed E-state index contributed by atoms with van der Waals surface area (Å²) in [6.07, 6.45) is 0.876. The molecule has 8 aromatic rings. The number of aromatic nitrogens is 2. The third kappa shape index (κ3) is 4.23. The maximum Gasteiger partial charge on any atom is 0.114 e. The van der Waals surface area contributed by atoms with E-state index in [-0.39, 0.29) is 0 Å². The zero-order valence-electron chi connectivity index (χ0n) is 24.0. The maximum atomic E-state index is 4.88. The lowest BCUT2D eigenvalue weighted by Crippen LogP contribution is -1.99. The van der Waals surface area contributed by atoms with Gasteiger partial charge in [0.15, 0.2) is 0 Å². The molecular weight excluding hydrogens is 520 g/mol. The maximum absolute atomic E-state index is 4.88. The van der Waals surface area contributed by atoms with Crippen molar-refractivity contribution in [1.29, 1.82) is 0 Å². The van der Waals surface area contributed by atoms with Crippen LogP contribution in [0.25, 0.3) is 71.6 Å². The Morgan fingerprint density at radius 3 is 1.65 bits per heavy atom. The molecule has 2 nitrogen and oxygen atoms in total. The van der Waals surface area contributed by atoms with Gasteiger partial charge in [-0.15, -0.1) is 0 Å². The van der Waals surface area contributed by atoms with E-state index >= 15 is 0 Å². The molecule has 204 valence electrons. The minimum absolute atomic E-state index is 0.876. The van der Waals surface area contributed by atoms with Crippen molar-refractivity contribution >= 4 is 32.6 Å². The van der Waals surface area contributed by atoms with E-state index < -0.39 is 0 Å². The fraction of sp³-hybridized carbons (Fsp3) is 0.0488. The van der Waals surface area contributed by atoms with Crippen LogP contribution >= 0.6 is 0 Å². The molecule has 0 fully saturated rings. The summed E-state index contributed by atoms with van der Waals surface area (Å²) in [6.45, 7) is 2.17. The Kier molecular flexibility index (Phi) is 6.12. The Labute approximate surface area is 251 Å². The van der Waals surface area contributed by atoms with Crippen LogP contribution < -0.4 is 0 Å². The van der Waals surface area contributed by atoms with E-state index in [1.807, 2.05) is 0 Å². The van der Waals surface area contributed by atoms with Gasteiger partial charge in [0, 0.05) is 12.1 Å². The Morgan fingerprint density at radius 1 is 0.465 bits per heavy atom. The SMILES string of the molecule is CCc1nc2ccccc2n1-c1ccc(-c2ccc3c(-c4ccccc4)c4ccccc4c(-c4ccccc4)c3c2)cc1. The number of fused-ring (bicyclic) bond motifs is 3. The molecule has 7 aromatic carbocycles. The molecule has 0 spiro atoms. The molecule has 0 aliphatic rings. The largest absolute Gasteiger partial charge is 0.296 e. The average Bonchev–Trinajstić information content (AvgIpc) is 3.46. The normalized spacial score (nSPS) is 11.5. The van der Waals surface area contributed by atoms with Gasteiger partial charge in [-0.3, -0.25) is 4.57 Å². The Hall–Kier alpha value is -5.47. The average molecular weight is 551 g/mol. The van der Waals surface area contributed by atoms with Crippen LogP contribution in [0.1, 0.15) is 12.7 Å². The molecule has 0 saturated heterocycles. The van der Waals surface area contributed by atoms with Crippen LogP contribution in [-0.2, 0) is 6.42 Å². The molecule has 0 unspecified atom stereocenters. The molecule has 43 heavy (non-hydrogen) atoms. The number of aryl methyl sites for hydroxylation is 1. The Bertz CT molecular complexity index is 2240. The molecule has 0 saturated carbocycles. The molecule has 1 aromatic heterocycles. The van der Waals surface area contributed by atoms with Crippen molar-refractivity contribution in [2.45, 2.75) is 13.3 Å². The van der Waals surface area contributed by atoms with Crippen molar-refractivity contribution < 1.29 is 0 Å². The fourth-order valence-corrected chi connectivity index (χ4v) is 6.59. The first-order valence-electron chi connectivity index (χ1n) is 15.0. The van der Waals surface area contributed by atoms with Gasteiger partial charge in [-0.2, -0.15) is 0 Å². The minimum atomic E-state index is 0.876. The molecule has 0 aliphatic carbocycles. The second kappa shape index (κ2) is 10.4. The molecule has 0 N–H and O–H groups in total. The highest BCUT2D eigenvalue weighted by molar-refractivity contribution is 6.21. The van der Waals surface area contributed by atoms with Crippen LogP contribution in [0.4, 0.5) is 0 Å². The van der Waals surface area contributed by atoms with Crippen LogP contribution in [0.15, 0.2) is 152 Å². The van der Waals surface area contributed by atoms with E-state index in [0.717, 1.165) is 29.0 Å². The first kappa shape index (κ1) is 25.3. The van der Waals surface area contributed by atoms with Crippen LogP contribution in [-0.4, -0.2) is 9.55 Å². The molecule has 2 heteroatoms. The second-order valence-corrected chi connectivity index (χ2v) is 11.0. The topological polar surface area (TPSA) is 17.8 Å². The number of imidazole rings is 1. The number of hydrogen-bond acceptors (Lipinski definition) is 1. The van der Waals surface area contributed by atoms with Crippen molar-refractivity contribution in [3.63, 3.8) is 0 Å². The number of benzene rings is 7. The summed E-state index contributed by atoms with van der Waals surface area (Å²) in [7, 11) is 0. The molecule has 1 heterocycles. The smallest absolute Gasteiger partial charge is 0.114 e. The fourth-order valence-electron chi connectivity index (χ4n) is 6.59. The lowest BCUT2D eigenvalue weighted by molar-refractivity contribution is 0.908. The quantitative estimate of drug-likeness (QED) is 0.195. The van der Waals surface area contributed by atoms with Crippen molar-refractivity contribution in [3.05, 3.63) is 157 Å². The predicted octanol–water partition coefficient (Wildman–Crippen LogP) is 10.9. The van der Waals surface area contributed by atoms with Gasteiger partial charge in [0.25, 0.3) is 0 Å². The van der Waals surface area contributed by atoms with Crippen LogP contribution in [0.3, 0.4) is 0 Å². The van der Waals surface area contributed by atoms with Gasteiger partial charge in [-0.05, 0) is 85.3 Å². The molecule has 0 radical (unpaired) electrons. The summed E-state index contributed by atoms with van der Waals surface area (Å²) in [5, 5.41) is 5.07. The predicted molar refractivity (Wildman–Crippen MR) is 182 cm³/mol. The van der Waals surface area contributed by atoms with Crippen LogP contribution in [0.2, 0.25) is 0 Å². The van der Waals surface area contributed by atoms with Gasteiger partial charge in [0.2, 0.25) is 0 Å². The Balaban J connectivity index is 1.35. The van der Waals surface area contributed by atoms with Gasteiger partial charge >= 0.3 is 0 Å². The molecular formula is C41H30N2. The third-order valence-corrected chi connectivity index (χ3v) is 8.55. The van der Waals surface area contributed by atoms with E-state index in [1.165, 1.54) is 54.9 Å². The summed E-state index contributed by atoms with van der Waals surface area (Å²) < 4.78 is 2.28. The number of hydrogen-bond donors (Lipinski definition) is 0. The molecule has 0 atom stereocenters. The van der Waals surface area contributed by atoms with Crippen LogP contribution in [0, 0.1) is 0 Å². The van der Waals surface area contributed by atoms with E-state index in [0.29, 0.717) is 0 Å². The Morgan fingerprint density at radius 2 is 1.00 bits per heavy atom. The van der Waals surface area contributed by atoms with E-state index in [9.17, 15) is 0 Å². The first-order chi connectivity index (χ1) is 21.3. The number of nitrogens with zero attached hydrogens (tertiary/aromatic N) is 2. The molecule has 0 amide bonds. The third-order valence-electron chi connectivity index (χ3n) is 8.55. The summed E-state index contributed by atoms with van der Waals surface area (Å²) >= 11 is 0. The minimum Gasteiger partial charge on any atom is -0.296 e. The monoisotopic (exact) mass is 550 g/mol. The van der Waals surface area contributed by atoms with E-state index in [1.54, 1.807) is 0 Å².